The molecule has 2 heterocycles. The Bertz CT molecular complexity index is 643. The molecule has 2 aromatic rings. The number of aromatic nitrogens is 1. The van der Waals surface area contributed by atoms with E-state index in [1.807, 2.05) is 12.1 Å². The second-order valence-electron chi connectivity index (χ2n) is 5.63. The molecule has 1 unspecified atom stereocenters. The first kappa shape index (κ1) is 16.0. The van der Waals surface area contributed by atoms with E-state index >= 15 is 0 Å². The summed E-state index contributed by atoms with van der Waals surface area (Å²) in [6.45, 7) is 2.45. The van der Waals surface area contributed by atoms with Crippen molar-refractivity contribution in [3.05, 3.63) is 65.5 Å². The minimum atomic E-state index is -4.32. The maximum absolute atomic E-state index is 13.2. The third-order valence-electron chi connectivity index (χ3n) is 4.12. The van der Waals surface area contributed by atoms with E-state index in [-0.39, 0.29) is 12.6 Å². The number of nitrogens with zero attached hydrogens (tertiary/aromatic N) is 2. The van der Waals surface area contributed by atoms with E-state index in [1.54, 1.807) is 24.5 Å². The lowest BCUT2D eigenvalue weighted by molar-refractivity contribution is -0.138. The second kappa shape index (κ2) is 6.68. The molecule has 23 heavy (non-hydrogen) atoms. The summed E-state index contributed by atoms with van der Waals surface area (Å²) >= 11 is 0. The number of halogens is 3. The highest BCUT2D eigenvalue weighted by molar-refractivity contribution is 5.30. The van der Waals surface area contributed by atoms with Crippen LogP contribution in [-0.2, 0) is 12.7 Å². The van der Waals surface area contributed by atoms with Gasteiger partial charge in [-0.05, 0) is 23.3 Å². The third kappa shape index (κ3) is 3.71. The van der Waals surface area contributed by atoms with Crippen molar-refractivity contribution >= 4 is 0 Å². The van der Waals surface area contributed by atoms with Gasteiger partial charge in [0.25, 0.3) is 0 Å². The SMILES string of the molecule is FC(F)(F)c1ccccc1CN1CCNCC1c1cccnc1. The normalized spacial score (nSPS) is 19.7. The number of hydrogen-bond donors (Lipinski definition) is 1. The van der Waals surface area contributed by atoms with E-state index < -0.39 is 11.7 Å². The van der Waals surface area contributed by atoms with Crippen molar-refractivity contribution in [3.8, 4) is 0 Å². The molecular weight excluding hydrogens is 303 g/mol. The van der Waals surface area contributed by atoms with Crippen molar-refractivity contribution in [2.75, 3.05) is 19.6 Å². The first-order valence-electron chi connectivity index (χ1n) is 7.55. The topological polar surface area (TPSA) is 28.2 Å². The molecule has 0 radical (unpaired) electrons. The predicted octanol–water partition coefficient (Wildman–Crippen LogP) is 3.25. The minimum absolute atomic E-state index is 0.0266. The zero-order valence-electron chi connectivity index (χ0n) is 12.6. The smallest absolute Gasteiger partial charge is 0.314 e. The molecule has 0 bridgehead atoms. The lowest BCUT2D eigenvalue weighted by Crippen LogP contribution is -2.45. The first-order chi connectivity index (χ1) is 11.1. The van der Waals surface area contributed by atoms with Crippen LogP contribution in [0.1, 0.15) is 22.7 Å². The van der Waals surface area contributed by atoms with E-state index in [4.69, 9.17) is 0 Å². The summed E-state index contributed by atoms with van der Waals surface area (Å²) in [4.78, 5) is 6.21. The van der Waals surface area contributed by atoms with E-state index in [9.17, 15) is 13.2 Å². The molecule has 1 fully saturated rings. The molecule has 122 valence electrons. The maximum atomic E-state index is 13.2. The summed E-state index contributed by atoms with van der Waals surface area (Å²) in [7, 11) is 0. The Kier molecular flexibility index (Phi) is 4.63. The predicted molar refractivity (Wildman–Crippen MR) is 81.7 cm³/mol. The molecule has 1 aliphatic rings. The lowest BCUT2D eigenvalue weighted by Gasteiger charge is -2.36. The number of rotatable bonds is 3. The van der Waals surface area contributed by atoms with Gasteiger partial charge in [-0.3, -0.25) is 9.88 Å². The van der Waals surface area contributed by atoms with Crippen molar-refractivity contribution in [1.82, 2.24) is 15.2 Å². The molecule has 0 saturated carbocycles. The van der Waals surface area contributed by atoms with Gasteiger partial charge in [-0.15, -0.1) is 0 Å². The molecule has 3 rings (SSSR count). The van der Waals surface area contributed by atoms with Crippen LogP contribution >= 0.6 is 0 Å². The summed E-state index contributed by atoms with van der Waals surface area (Å²) in [6.07, 6.45) is -0.849. The fraction of sp³-hybridized carbons (Fsp3) is 0.353. The summed E-state index contributed by atoms with van der Waals surface area (Å²) in [5.41, 5.74) is 0.781. The van der Waals surface area contributed by atoms with Crippen molar-refractivity contribution < 1.29 is 13.2 Å². The van der Waals surface area contributed by atoms with E-state index in [1.165, 1.54) is 6.07 Å². The van der Waals surface area contributed by atoms with Gasteiger partial charge in [0.15, 0.2) is 0 Å². The monoisotopic (exact) mass is 321 g/mol. The number of nitrogens with one attached hydrogen (secondary N) is 1. The van der Waals surface area contributed by atoms with Crippen molar-refractivity contribution in [2.45, 2.75) is 18.8 Å². The minimum Gasteiger partial charge on any atom is -0.314 e. The van der Waals surface area contributed by atoms with Crippen LogP contribution in [0.4, 0.5) is 13.2 Å². The molecular formula is C17H18F3N3. The molecule has 1 aliphatic heterocycles. The Hall–Kier alpha value is -1.92. The van der Waals surface area contributed by atoms with Gasteiger partial charge in [0.2, 0.25) is 0 Å². The van der Waals surface area contributed by atoms with Crippen molar-refractivity contribution in [3.63, 3.8) is 0 Å². The number of pyridine rings is 1. The Morgan fingerprint density at radius 3 is 2.74 bits per heavy atom. The summed E-state index contributed by atoms with van der Waals surface area (Å²) in [5, 5.41) is 3.30. The molecule has 0 spiro atoms. The average molecular weight is 321 g/mol. The Balaban J connectivity index is 1.86. The van der Waals surface area contributed by atoms with Gasteiger partial charge in [0, 0.05) is 44.6 Å². The highest BCUT2D eigenvalue weighted by Crippen LogP contribution is 2.33. The third-order valence-corrected chi connectivity index (χ3v) is 4.12. The summed E-state index contributed by atoms with van der Waals surface area (Å²) < 4.78 is 39.5. The summed E-state index contributed by atoms with van der Waals surface area (Å²) in [5.74, 6) is 0. The first-order valence-corrected chi connectivity index (χ1v) is 7.55. The fourth-order valence-corrected chi connectivity index (χ4v) is 2.99. The van der Waals surface area contributed by atoms with Gasteiger partial charge in [0.1, 0.15) is 0 Å². The highest BCUT2D eigenvalue weighted by Gasteiger charge is 2.34. The Labute approximate surface area is 133 Å². The van der Waals surface area contributed by atoms with Crippen molar-refractivity contribution in [2.24, 2.45) is 0 Å². The molecule has 1 aromatic heterocycles. The van der Waals surface area contributed by atoms with Crippen LogP contribution in [-0.4, -0.2) is 29.5 Å². The average Bonchev–Trinajstić information content (AvgIpc) is 2.56. The number of benzene rings is 1. The Morgan fingerprint density at radius 1 is 1.17 bits per heavy atom. The van der Waals surface area contributed by atoms with Gasteiger partial charge in [-0.25, -0.2) is 0 Å². The van der Waals surface area contributed by atoms with E-state index in [0.717, 1.165) is 18.2 Å². The van der Waals surface area contributed by atoms with Crippen LogP contribution < -0.4 is 5.32 Å². The van der Waals surface area contributed by atoms with E-state index in [0.29, 0.717) is 18.7 Å². The maximum Gasteiger partial charge on any atom is 0.416 e. The lowest BCUT2D eigenvalue weighted by atomic mass is 10.0. The Morgan fingerprint density at radius 2 is 2.00 bits per heavy atom. The van der Waals surface area contributed by atoms with Crippen LogP contribution in [0.5, 0.6) is 0 Å². The number of piperazine rings is 1. The second-order valence-corrected chi connectivity index (χ2v) is 5.63. The van der Waals surface area contributed by atoms with Gasteiger partial charge >= 0.3 is 6.18 Å². The molecule has 1 saturated heterocycles. The van der Waals surface area contributed by atoms with Crippen LogP contribution in [0.3, 0.4) is 0 Å². The highest BCUT2D eigenvalue weighted by atomic mass is 19.4. The number of hydrogen-bond acceptors (Lipinski definition) is 3. The number of alkyl halides is 3. The standard InChI is InChI=1S/C17H18F3N3/c18-17(19,20)15-6-2-1-4-14(15)12-23-9-8-22-11-16(23)13-5-3-7-21-10-13/h1-7,10,16,22H,8-9,11-12H2. The fourth-order valence-electron chi connectivity index (χ4n) is 2.99. The molecule has 0 amide bonds. The molecule has 1 atom stereocenters. The molecule has 1 aromatic carbocycles. The van der Waals surface area contributed by atoms with Crippen LogP contribution in [0.15, 0.2) is 48.8 Å². The van der Waals surface area contributed by atoms with Crippen LogP contribution in [0.2, 0.25) is 0 Å². The van der Waals surface area contributed by atoms with Crippen LogP contribution in [0, 0.1) is 0 Å². The van der Waals surface area contributed by atoms with Crippen LogP contribution in [0.25, 0.3) is 0 Å². The molecule has 1 N–H and O–H groups in total. The van der Waals surface area contributed by atoms with Crippen molar-refractivity contribution in [1.29, 1.82) is 0 Å². The zero-order valence-corrected chi connectivity index (χ0v) is 12.6. The van der Waals surface area contributed by atoms with Gasteiger partial charge < -0.3 is 5.32 Å². The largest absolute Gasteiger partial charge is 0.416 e. The quantitative estimate of drug-likeness (QED) is 0.941. The van der Waals surface area contributed by atoms with Gasteiger partial charge in [-0.2, -0.15) is 13.2 Å². The molecule has 3 nitrogen and oxygen atoms in total. The zero-order chi connectivity index (χ0) is 16.3. The molecule has 0 aliphatic carbocycles. The van der Waals surface area contributed by atoms with E-state index in [2.05, 4.69) is 15.2 Å². The summed E-state index contributed by atoms with van der Waals surface area (Å²) in [6, 6.07) is 9.65. The van der Waals surface area contributed by atoms with Gasteiger partial charge in [-0.1, -0.05) is 24.3 Å². The molecule has 6 heteroatoms. The van der Waals surface area contributed by atoms with Gasteiger partial charge in [0.05, 0.1) is 5.56 Å².